The Morgan fingerprint density at radius 3 is 2.09 bits per heavy atom. The van der Waals surface area contributed by atoms with Gasteiger partial charge in [-0.15, -0.1) is 0 Å². The van der Waals surface area contributed by atoms with Gasteiger partial charge in [-0.2, -0.15) is 0 Å². The number of aromatic carboxylic acids is 1. The van der Waals surface area contributed by atoms with Crippen LogP contribution in [0.5, 0.6) is 5.75 Å². The number of hydrogen-bond donors (Lipinski definition) is 1. The van der Waals surface area contributed by atoms with Crippen LogP contribution in [0.1, 0.15) is 58.2 Å². The second kappa shape index (κ2) is 10.1. The van der Waals surface area contributed by atoms with Gasteiger partial charge < -0.3 is 14.6 Å². The average Bonchev–Trinajstić information content (AvgIpc) is 2.76. The van der Waals surface area contributed by atoms with Crippen molar-refractivity contribution >= 4 is 11.9 Å². The number of ether oxygens (including phenoxy) is 2. The molecule has 3 rings (SSSR count). The first-order valence-corrected chi connectivity index (χ1v) is 10.6. The molecule has 0 aromatic heterocycles. The summed E-state index contributed by atoms with van der Waals surface area (Å²) in [5, 5.41) is 9.36. The van der Waals surface area contributed by atoms with Crippen molar-refractivity contribution in [2.75, 3.05) is 0 Å². The summed E-state index contributed by atoms with van der Waals surface area (Å²) in [7, 11) is 0. The van der Waals surface area contributed by atoms with Crippen LogP contribution in [0.15, 0.2) is 72.8 Å². The Balaban J connectivity index is 1.69. The number of benzene rings is 3. The van der Waals surface area contributed by atoms with Crippen molar-refractivity contribution in [3.8, 4) is 5.75 Å². The lowest BCUT2D eigenvalue weighted by molar-refractivity contribution is 0.00692. The molecule has 0 aliphatic rings. The van der Waals surface area contributed by atoms with Crippen molar-refractivity contribution in [1.82, 2.24) is 0 Å². The third-order valence-corrected chi connectivity index (χ3v) is 4.82. The lowest BCUT2D eigenvalue weighted by Gasteiger charge is -2.19. The van der Waals surface area contributed by atoms with Gasteiger partial charge in [0.05, 0.1) is 11.1 Å². The Morgan fingerprint density at radius 1 is 0.812 bits per heavy atom. The molecule has 0 aliphatic carbocycles. The standard InChI is InChI=1S/C27H28O5/c1-27(2,3)32-26(30)21-12-10-20(11-13-21)18-31-24-16-15-23(25(28)29)17-22(24)14-9-19-7-5-4-6-8-19/h4-8,10-13,15-17H,9,14,18H2,1-3H3,(H,28,29). The van der Waals surface area contributed by atoms with Crippen LogP contribution < -0.4 is 4.74 Å². The van der Waals surface area contributed by atoms with Crippen LogP contribution in [0.3, 0.4) is 0 Å². The predicted octanol–water partition coefficient (Wildman–Crippen LogP) is 5.70. The molecular weight excluding hydrogens is 404 g/mol. The summed E-state index contributed by atoms with van der Waals surface area (Å²) in [5.74, 6) is -0.671. The lowest BCUT2D eigenvalue weighted by atomic mass is 10.0. The molecule has 0 saturated heterocycles. The molecule has 0 saturated carbocycles. The third-order valence-electron chi connectivity index (χ3n) is 4.82. The van der Waals surface area contributed by atoms with Gasteiger partial charge in [-0.05, 0) is 80.6 Å². The molecule has 0 heterocycles. The SMILES string of the molecule is CC(C)(C)OC(=O)c1ccc(COc2ccc(C(=O)O)cc2CCc2ccccc2)cc1. The lowest BCUT2D eigenvalue weighted by Crippen LogP contribution is -2.23. The van der Waals surface area contributed by atoms with Crippen LogP contribution in [0.4, 0.5) is 0 Å². The molecule has 0 radical (unpaired) electrons. The minimum Gasteiger partial charge on any atom is -0.489 e. The highest BCUT2D eigenvalue weighted by molar-refractivity contribution is 5.89. The topological polar surface area (TPSA) is 72.8 Å². The number of carbonyl (C=O) groups excluding carboxylic acids is 1. The van der Waals surface area contributed by atoms with E-state index in [1.807, 2.05) is 63.2 Å². The van der Waals surface area contributed by atoms with Gasteiger partial charge in [0.2, 0.25) is 0 Å². The highest BCUT2D eigenvalue weighted by Gasteiger charge is 2.17. The van der Waals surface area contributed by atoms with E-state index in [2.05, 4.69) is 0 Å². The molecule has 0 spiro atoms. The van der Waals surface area contributed by atoms with E-state index in [9.17, 15) is 14.7 Å². The molecule has 166 valence electrons. The van der Waals surface area contributed by atoms with Crippen molar-refractivity contribution in [3.05, 3.63) is 101 Å². The van der Waals surface area contributed by atoms with Gasteiger partial charge in [0.1, 0.15) is 18.0 Å². The summed E-state index contributed by atoms with van der Waals surface area (Å²) in [6.45, 7) is 5.80. The maximum atomic E-state index is 12.2. The fourth-order valence-electron chi connectivity index (χ4n) is 3.21. The number of carboxylic acids is 1. The summed E-state index contributed by atoms with van der Waals surface area (Å²) in [6.07, 6.45) is 1.45. The molecule has 32 heavy (non-hydrogen) atoms. The molecule has 0 fully saturated rings. The number of aryl methyl sites for hydroxylation is 2. The van der Waals surface area contributed by atoms with E-state index in [4.69, 9.17) is 9.47 Å². The molecular formula is C27H28O5. The molecule has 5 heteroatoms. The smallest absolute Gasteiger partial charge is 0.338 e. The molecule has 3 aromatic carbocycles. The first-order valence-electron chi connectivity index (χ1n) is 10.6. The summed E-state index contributed by atoms with van der Waals surface area (Å²) < 4.78 is 11.4. The second-order valence-electron chi connectivity index (χ2n) is 8.60. The molecule has 1 N–H and O–H groups in total. The van der Waals surface area contributed by atoms with Crippen molar-refractivity contribution in [2.24, 2.45) is 0 Å². The van der Waals surface area contributed by atoms with Crippen LogP contribution in [-0.4, -0.2) is 22.6 Å². The Bertz CT molecular complexity index is 1060. The summed E-state index contributed by atoms with van der Waals surface area (Å²) in [6, 6.07) is 22.1. The van der Waals surface area contributed by atoms with Gasteiger partial charge in [0.15, 0.2) is 0 Å². The fraction of sp³-hybridized carbons (Fsp3) is 0.259. The highest BCUT2D eigenvalue weighted by atomic mass is 16.6. The molecule has 5 nitrogen and oxygen atoms in total. The Hall–Kier alpha value is -3.60. The Labute approximate surface area is 188 Å². The average molecular weight is 433 g/mol. The number of rotatable bonds is 8. The van der Waals surface area contributed by atoms with Gasteiger partial charge in [-0.25, -0.2) is 9.59 Å². The Kier molecular flexibility index (Phi) is 7.31. The van der Waals surface area contributed by atoms with Gasteiger partial charge in [0.25, 0.3) is 0 Å². The van der Waals surface area contributed by atoms with E-state index in [1.54, 1.807) is 30.3 Å². The fourth-order valence-corrected chi connectivity index (χ4v) is 3.21. The molecule has 0 amide bonds. The minimum atomic E-state index is -0.963. The molecule has 0 unspecified atom stereocenters. The van der Waals surface area contributed by atoms with Crippen molar-refractivity contribution in [2.45, 2.75) is 45.8 Å². The van der Waals surface area contributed by atoms with Gasteiger partial charge in [-0.1, -0.05) is 42.5 Å². The first kappa shape index (κ1) is 23.1. The number of carboxylic acid groups (broad SMARTS) is 1. The van der Waals surface area contributed by atoms with Crippen LogP contribution in [0, 0.1) is 0 Å². The predicted molar refractivity (Wildman–Crippen MR) is 123 cm³/mol. The second-order valence-corrected chi connectivity index (χ2v) is 8.60. The van der Waals surface area contributed by atoms with Crippen molar-refractivity contribution in [1.29, 1.82) is 0 Å². The van der Waals surface area contributed by atoms with Crippen LogP contribution >= 0.6 is 0 Å². The van der Waals surface area contributed by atoms with E-state index in [-0.39, 0.29) is 11.5 Å². The first-order chi connectivity index (χ1) is 15.2. The normalized spacial score (nSPS) is 11.1. The molecule has 3 aromatic rings. The van der Waals surface area contributed by atoms with E-state index in [1.165, 1.54) is 5.56 Å². The zero-order valence-electron chi connectivity index (χ0n) is 18.6. The molecule has 0 bridgehead atoms. The number of carbonyl (C=O) groups is 2. The molecule has 0 atom stereocenters. The monoisotopic (exact) mass is 432 g/mol. The van der Waals surface area contributed by atoms with E-state index < -0.39 is 11.6 Å². The molecule has 0 aliphatic heterocycles. The quantitative estimate of drug-likeness (QED) is 0.462. The van der Waals surface area contributed by atoms with Crippen molar-refractivity contribution < 1.29 is 24.2 Å². The zero-order chi connectivity index (χ0) is 23.1. The largest absolute Gasteiger partial charge is 0.489 e. The van der Waals surface area contributed by atoms with Gasteiger partial charge in [-0.3, -0.25) is 0 Å². The van der Waals surface area contributed by atoms with Crippen LogP contribution in [0.25, 0.3) is 0 Å². The maximum absolute atomic E-state index is 12.2. The third kappa shape index (κ3) is 6.71. The zero-order valence-corrected chi connectivity index (χ0v) is 18.6. The minimum absolute atomic E-state index is 0.238. The van der Waals surface area contributed by atoms with Gasteiger partial charge >= 0.3 is 11.9 Å². The number of hydrogen-bond acceptors (Lipinski definition) is 4. The maximum Gasteiger partial charge on any atom is 0.338 e. The van der Waals surface area contributed by atoms with E-state index in [0.717, 1.165) is 17.5 Å². The number of esters is 1. The summed E-state index contributed by atoms with van der Waals surface area (Å²) in [4.78, 5) is 23.6. The summed E-state index contributed by atoms with van der Waals surface area (Å²) >= 11 is 0. The van der Waals surface area contributed by atoms with Crippen LogP contribution in [0.2, 0.25) is 0 Å². The van der Waals surface area contributed by atoms with Gasteiger partial charge in [0, 0.05) is 0 Å². The Morgan fingerprint density at radius 2 is 1.47 bits per heavy atom. The highest BCUT2D eigenvalue weighted by Crippen LogP contribution is 2.24. The van der Waals surface area contributed by atoms with Crippen LogP contribution in [-0.2, 0) is 24.2 Å². The van der Waals surface area contributed by atoms with E-state index in [0.29, 0.717) is 24.3 Å². The summed E-state index contributed by atoms with van der Waals surface area (Å²) in [5.41, 5.74) is 3.10. The van der Waals surface area contributed by atoms with Crippen molar-refractivity contribution in [3.63, 3.8) is 0 Å². The van der Waals surface area contributed by atoms with E-state index >= 15 is 0 Å².